The number of hydrogen-bond acceptors (Lipinski definition) is 5. The lowest BCUT2D eigenvalue weighted by molar-refractivity contribution is -0.124. The molecule has 0 bridgehead atoms. The maximum atomic E-state index is 12.8. The number of anilines is 1. The Morgan fingerprint density at radius 1 is 1.07 bits per heavy atom. The molecule has 0 radical (unpaired) electrons. The predicted octanol–water partition coefficient (Wildman–Crippen LogP) is 2.96. The predicted molar refractivity (Wildman–Crippen MR) is 115 cm³/mol. The van der Waals surface area contributed by atoms with Crippen molar-refractivity contribution in [1.29, 1.82) is 0 Å². The molecule has 1 atom stereocenters. The topological polar surface area (TPSA) is 95.6 Å². The Balaban J connectivity index is 1.37. The van der Waals surface area contributed by atoms with Gasteiger partial charge < -0.3 is 10.6 Å². The Labute approximate surface area is 180 Å². The number of nitrogens with one attached hydrogen (secondary N) is 2. The molecular formula is C21H25N3O4S2. The van der Waals surface area contributed by atoms with Crippen LogP contribution in [0, 0.1) is 5.92 Å². The first-order valence-corrected chi connectivity index (χ1v) is 12.5. The van der Waals surface area contributed by atoms with Crippen LogP contribution in [0.15, 0.2) is 46.0 Å². The summed E-state index contributed by atoms with van der Waals surface area (Å²) in [6.45, 7) is 0.621. The van der Waals surface area contributed by atoms with Gasteiger partial charge in [0, 0.05) is 24.7 Å². The lowest BCUT2D eigenvalue weighted by atomic mass is 9.85. The summed E-state index contributed by atoms with van der Waals surface area (Å²) in [4.78, 5) is 24.9. The molecule has 2 amide bonds. The largest absolute Gasteiger partial charge is 0.351 e. The van der Waals surface area contributed by atoms with E-state index in [0.717, 1.165) is 36.2 Å². The summed E-state index contributed by atoms with van der Waals surface area (Å²) in [5.41, 5.74) is 1.56. The number of thiophene rings is 1. The van der Waals surface area contributed by atoms with Gasteiger partial charge >= 0.3 is 0 Å². The van der Waals surface area contributed by atoms with Gasteiger partial charge in [0.15, 0.2) is 0 Å². The van der Waals surface area contributed by atoms with Crippen molar-refractivity contribution in [2.24, 2.45) is 5.92 Å². The molecule has 9 heteroatoms. The Morgan fingerprint density at radius 2 is 1.90 bits per heavy atom. The summed E-state index contributed by atoms with van der Waals surface area (Å²) < 4.78 is 27.2. The lowest BCUT2D eigenvalue weighted by Gasteiger charge is -2.24. The molecule has 1 saturated heterocycles. The van der Waals surface area contributed by atoms with Crippen LogP contribution in [-0.2, 0) is 26.2 Å². The molecule has 2 heterocycles. The first kappa shape index (κ1) is 21.0. The summed E-state index contributed by atoms with van der Waals surface area (Å²) in [6, 6.07) is 9.93. The first-order chi connectivity index (χ1) is 14.4. The van der Waals surface area contributed by atoms with Crippen molar-refractivity contribution in [3.05, 3.63) is 47.3 Å². The molecule has 0 spiro atoms. The molecule has 2 aromatic rings. The van der Waals surface area contributed by atoms with Crippen molar-refractivity contribution >= 4 is 38.9 Å². The fourth-order valence-corrected chi connectivity index (χ4v) is 6.57. The number of carbonyl (C=O) groups is 2. The highest BCUT2D eigenvalue weighted by atomic mass is 32.2. The fraction of sp³-hybridized carbons (Fsp3) is 0.429. The minimum absolute atomic E-state index is 0.0443. The van der Waals surface area contributed by atoms with Crippen LogP contribution in [0.4, 0.5) is 5.69 Å². The molecule has 7 nitrogen and oxygen atoms in total. The van der Waals surface area contributed by atoms with E-state index in [1.807, 2.05) is 24.3 Å². The number of carbonyl (C=O) groups excluding carboxylic acids is 2. The Morgan fingerprint density at radius 3 is 2.60 bits per heavy atom. The molecular weight excluding hydrogens is 422 g/mol. The number of hydrogen-bond donors (Lipinski definition) is 2. The van der Waals surface area contributed by atoms with Crippen molar-refractivity contribution in [3.8, 4) is 0 Å². The zero-order valence-corrected chi connectivity index (χ0v) is 18.2. The van der Waals surface area contributed by atoms with Crippen LogP contribution in [0.3, 0.4) is 0 Å². The Hall–Kier alpha value is -2.23. The van der Waals surface area contributed by atoms with Gasteiger partial charge in [-0.2, -0.15) is 4.31 Å². The van der Waals surface area contributed by atoms with E-state index in [2.05, 4.69) is 10.6 Å². The second kappa shape index (κ2) is 8.87. The summed E-state index contributed by atoms with van der Waals surface area (Å²) in [5.74, 6) is -0.147. The average Bonchev–Trinajstić information content (AvgIpc) is 3.37. The Kier molecular flexibility index (Phi) is 6.21. The van der Waals surface area contributed by atoms with Gasteiger partial charge in [-0.25, -0.2) is 8.42 Å². The molecule has 2 N–H and O–H groups in total. The summed E-state index contributed by atoms with van der Waals surface area (Å²) in [5, 5.41) is 7.51. The molecule has 4 rings (SSSR count). The maximum Gasteiger partial charge on any atom is 0.253 e. The van der Waals surface area contributed by atoms with Crippen LogP contribution in [0.2, 0.25) is 0 Å². The minimum Gasteiger partial charge on any atom is -0.351 e. The van der Waals surface area contributed by atoms with E-state index in [4.69, 9.17) is 0 Å². The van der Waals surface area contributed by atoms with Crippen LogP contribution >= 0.6 is 11.3 Å². The zero-order valence-electron chi connectivity index (χ0n) is 16.5. The standard InChI is InChI=1S/C21H25N3O4S2/c25-20(16-6-2-7-16)23-17-8-1-5-15(13-17)14-22-21(26)18-9-3-11-24(18)30(27,28)19-10-4-12-29-19/h1,4-5,8,10,12-13,16,18H,2-3,6-7,9,11,14H2,(H,22,26)(H,23,25). The maximum absolute atomic E-state index is 12.8. The van der Waals surface area contributed by atoms with Gasteiger partial charge in [0.1, 0.15) is 10.3 Å². The summed E-state index contributed by atoms with van der Waals surface area (Å²) >= 11 is 1.16. The fourth-order valence-electron chi connectivity index (χ4n) is 3.80. The van der Waals surface area contributed by atoms with Crippen LogP contribution in [0.5, 0.6) is 0 Å². The normalized spacial score (nSPS) is 19.9. The molecule has 2 fully saturated rings. The molecule has 1 unspecified atom stereocenters. The third-order valence-electron chi connectivity index (χ3n) is 5.70. The number of rotatable bonds is 7. The number of sulfonamides is 1. The monoisotopic (exact) mass is 447 g/mol. The van der Waals surface area contributed by atoms with Crippen LogP contribution < -0.4 is 10.6 Å². The molecule has 30 heavy (non-hydrogen) atoms. The van der Waals surface area contributed by atoms with Gasteiger partial charge in [-0.3, -0.25) is 9.59 Å². The summed E-state index contributed by atoms with van der Waals surface area (Å²) in [6.07, 6.45) is 4.14. The SMILES string of the molecule is O=C(Nc1cccc(CNC(=O)C2CCCN2S(=O)(=O)c2cccs2)c1)C1CCC1. The van der Waals surface area contributed by atoms with Gasteiger partial charge in [-0.05, 0) is 54.8 Å². The zero-order chi connectivity index (χ0) is 21.1. The van der Waals surface area contributed by atoms with Gasteiger partial charge in [-0.15, -0.1) is 11.3 Å². The third-order valence-corrected chi connectivity index (χ3v) is 8.98. The van der Waals surface area contributed by atoms with Crippen molar-refractivity contribution in [1.82, 2.24) is 9.62 Å². The molecule has 2 aliphatic rings. The lowest BCUT2D eigenvalue weighted by Crippen LogP contribution is -2.45. The van der Waals surface area contributed by atoms with E-state index >= 15 is 0 Å². The highest BCUT2D eigenvalue weighted by molar-refractivity contribution is 7.91. The van der Waals surface area contributed by atoms with E-state index in [1.165, 1.54) is 4.31 Å². The third kappa shape index (κ3) is 4.43. The van der Waals surface area contributed by atoms with E-state index in [-0.39, 0.29) is 28.5 Å². The smallest absolute Gasteiger partial charge is 0.253 e. The molecule has 1 aromatic carbocycles. The van der Waals surface area contributed by atoms with Crippen molar-refractivity contribution in [2.45, 2.75) is 48.9 Å². The molecule has 1 saturated carbocycles. The van der Waals surface area contributed by atoms with Gasteiger partial charge in [-0.1, -0.05) is 24.6 Å². The second-order valence-corrected chi connectivity index (χ2v) is 10.8. The van der Waals surface area contributed by atoms with E-state index in [1.54, 1.807) is 17.5 Å². The molecule has 160 valence electrons. The van der Waals surface area contributed by atoms with Gasteiger partial charge in [0.2, 0.25) is 11.8 Å². The van der Waals surface area contributed by atoms with Crippen LogP contribution in [0.1, 0.15) is 37.7 Å². The quantitative estimate of drug-likeness (QED) is 0.682. The van der Waals surface area contributed by atoms with Crippen LogP contribution in [0.25, 0.3) is 0 Å². The van der Waals surface area contributed by atoms with Crippen molar-refractivity contribution < 1.29 is 18.0 Å². The van der Waals surface area contributed by atoms with E-state index in [9.17, 15) is 18.0 Å². The molecule has 1 aliphatic carbocycles. The summed E-state index contributed by atoms with van der Waals surface area (Å²) in [7, 11) is -3.65. The van der Waals surface area contributed by atoms with E-state index < -0.39 is 16.1 Å². The second-order valence-electron chi connectivity index (χ2n) is 7.74. The van der Waals surface area contributed by atoms with Gasteiger partial charge in [0.05, 0.1) is 0 Å². The van der Waals surface area contributed by atoms with Gasteiger partial charge in [0.25, 0.3) is 10.0 Å². The van der Waals surface area contributed by atoms with Crippen LogP contribution in [-0.4, -0.2) is 37.1 Å². The average molecular weight is 448 g/mol. The van der Waals surface area contributed by atoms with Crippen molar-refractivity contribution in [3.63, 3.8) is 0 Å². The first-order valence-electron chi connectivity index (χ1n) is 10.2. The molecule has 1 aromatic heterocycles. The number of amides is 2. The van der Waals surface area contributed by atoms with Crippen molar-refractivity contribution in [2.75, 3.05) is 11.9 Å². The minimum atomic E-state index is -3.65. The number of nitrogens with zero attached hydrogens (tertiary/aromatic N) is 1. The number of benzene rings is 1. The van der Waals surface area contributed by atoms with E-state index in [0.29, 0.717) is 25.1 Å². The molecule has 1 aliphatic heterocycles. The highest BCUT2D eigenvalue weighted by Gasteiger charge is 2.39. The highest BCUT2D eigenvalue weighted by Crippen LogP contribution is 2.29. The Bertz CT molecular complexity index is 1020.